The van der Waals surface area contributed by atoms with Crippen molar-refractivity contribution < 1.29 is 29.0 Å². The maximum atomic E-state index is 12.6. The fourth-order valence-corrected chi connectivity index (χ4v) is 5.87. The van der Waals surface area contributed by atoms with Gasteiger partial charge in [0.1, 0.15) is 24.6 Å². The maximum absolute atomic E-state index is 12.6. The molecule has 10 heteroatoms. The lowest BCUT2D eigenvalue weighted by molar-refractivity contribution is -0.903. The van der Waals surface area contributed by atoms with Crippen molar-refractivity contribution in [3.8, 4) is 5.75 Å². The highest BCUT2D eigenvalue weighted by Crippen LogP contribution is 2.47. The van der Waals surface area contributed by atoms with Crippen molar-refractivity contribution in [2.75, 3.05) is 33.8 Å². The molecule has 2 heterocycles. The highest BCUT2D eigenvalue weighted by atomic mass is 16.5. The average molecular weight is 525 g/mol. The number of aliphatic carboxylic acids is 1. The number of benzene rings is 2. The van der Waals surface area contributed by atoms with Gasteiger partial charge in [-0.1, -0.05) is 37.3 Å². The van der Waals surface area contributed by atoms with Crippen LogP contribution in [0, 0.1) is 17.2 Å². The predicted octanol–water partition coefficient (Wildman–Crippen LogP) is 1.86. The van der Waals surface area contributed by atoms with Gasteiger partial charge in [0.2, 0.25) is 5.91 Å². The molecule has 0 unspecified atom stereocenters. The molecule has 2 aliphatic rings. The lowest BCUT2D eigenvalue weighted by atomic mass is 9.78. The Morgan fingerprint density at radius 1 is 1.24 bits per heavy atom. The normalized spacial score (nSPS) is 21.8. The number of fused-ring (bicyclic) bond motifs is 2. The van der Waals surface area contributed by atoms with Gasteiger partial charge >= 0.3 is 5.97 Å². The molecule has 204 valence electrons. The second-order valence-corrected chi connectivity index (χ2v) is 11.0. The zero-order valence-electron chi connectivity index (χ0n) is 22.4. The zero-order valence-corrected chi connectivity index (χ0v) is 22.4. The molecule has 1 saturated heterocycles. The molecule has 0 saturated carbocycles. The SMILES string of the molecule is C[C@@H](O)[C@H]1C(=O)N2C(C(=O)O)=C(COc3cccc4c(C[N+](C)(C)CCCNC(=N)N)cccc34)[C@H](C)[C@H]12. The number of β-lactam (4-membered cyclic amide) rings is 1. The van der Waals surface area contributed by atoms with Crippen molar-refractivity contribution in [3.05, 3.63) is 53.2 Å². The molecule has 0 radical (unpaired) electrons. The number of nitrogens with two attached hydrogens (primary N) is 1. The first-order valence-corrected chi connectivity index (χ1v) is 12.9. The Morgan fingerprint density at radius 3 is 2.58 bits per heavy atom. The Labute approximate surface area is 222 Å². The summed E-state index contributed by atoms with van der Waals surface area (Å²) in [6.07, 6.45) is 0.0347. The standard InChI is InChI=1S/C28H37N5O5/c1-16-21(25(27(36)37)32-24(16)23(17(2)34)26(32)35)15-38-22-11-6-9-19-18(8-5-10-20(19)22)14-33(3,4)13-7-12-31-28(29)30/h5-6,8-11,16-17,23-24,34H,7,12-15H2,1-4H3,(H4-,29,30,31,36,37)/p+1/t16-,17+,23+,24+/m0/s1. The molecule has 4 atom stereocenters. The average Bonchev–Trinajstić information content (AvgIpc) is 3.08. The van der Waals surface area contributed by atoms with E-state index >= 15 is 0 Å². The summed E-state index contributed by atoms with van der Waals surface area (Å²) in [5.74, 6) is -1.71. The number of amides is 1. The van der Waals surface area contributed by atoms with Crippen molar-refractivity contribution >= 4 is 28.6 Å². The van der Waals surface area contributed by atoms with E-state index in [1.807, 2.05) is 31.2 Å². The third-order valence-electron chi connectivity index (χ3n) is 7.73. The minimum Gasteiger partial charge on any atom is -0.488 e. The van der Waals surface area contributed by atoms with Crippen LogP contribution < -0.4 is 15.8 Å². The van der Waals surface area contributed by atoms with Gasteiger partial charge in [-0.15, -0.1) is 0 Å². The molecule has 1 fully saturated rings. The van der Waals surface area contributed by atoms with E-state index in [0.717, 1.165) is 34.8 Å². The van der Waals surface area contributed by atoms with E-state index in [1.165, 1.54) is 10.5 Å². The summed E-state index contributed by atoms with van der Waals surface area (Å²) in [5.41, 5.74) is 7.08. The largest absolute Gasteiger partial charge is 0.488 e. The summed E-state index contributed by atoms with van der Waals surface area (Å²) in [7, 11) is 4.33. The van der Waals surface area contributed by atoms with Crippen LogP contribution in [-0.2, 0) is 16.1 Å². The van der Waals surface area contributed by atoms with Crippen LogP contribution in [0.2, 0.25) is 0 Å². The number of aliphatic hydroxyl groups is 1. The summed E-state index contributed by atoms with van der Waals surface area (Å²) in [6, 6.07) is 11.6. The van der Waals surface area contributed by atoms with Crippen LogP contribution in [-0.4, -0.2) is 83.4 Å². The molecular formula is C28H38N5O5+. The quantitative estimate of drug-likeness (QED) is 0.0990. The number of aliphatic hydroxyl groups excluding tert-OH is 1. The van der Waals surface area contributed by atoms with Gasteiger partial charge in [0.15, 0.2) is 5.96 Å². The number of guanidine groups is 1. The van der Waals surface area contributed by atoms with Gasteiger partial charge in [-0.05, 0) is 18.4 Å². The molecule has 0 aliphatic carbocycles. The number of nitrogens with one attached hydrogen (secondary N) is 2. The summed E-state index contributed by atoms with van der Waals surface area (Å²) in [4.78, 5) is 26.0. The van der Waals surface area contributed by atoms with E-state index < -0.39 is 18.0 Å². The Balaban J connectivity index is 1.53. The van der Waals surface area contributed by atoms with Gasteiger partial charge in [0.25, 0.3) is 0 Å². The first-order chi connectivity index (χ1) is 17.9. The van der Waals surface area contributed by atoms with Gasteiger partial charge in [-0.3, -0.25) is 10.2 Å². The minimum atomic E-state index is -1.16. The Morgan fingerprint density at radius 2 is 1.92 bits per heavy atom. The number of carboxylic acid groups (broad SMARTS) is 1. The molecule has 4 rings (SSSR count). The molecule has 1 amide bonds. The van der Waals surface area contributed by atoms with E-state index in [2.05, 4.69) is 31.5 Å². The Kier molecular flexibility index (Phi) is 7.66. The van der Waals surface area contributed by atoms with Crippen LogP contribution in [0.3, 0.4) is 0 Å². The lowest BCUT2D eigenvalue weighted by Gasteiger charge is -2.46. The van der Waals surface area contributed by atoms with E-state index in [-0.39, 0.29) is 36.1 Å². The molecule has 2 aliphatic heterocycles. The Hall–Kier alpha value is -3.63. The number of carbonyl (C=O) groups excluding carboxylic acids is 1. The summed E-state index contributed by atoms with van der Waals surface area (Å²) in [5, 5.41) is 32.1. The van der Waals surface area contributed by atoms with Gasteiger partial charge in [0, 0.05) is 35.4 Å². The van der Waals surface area contributed by atoms with Crippen molar-refractivity contribution in [3.63, 3.8) is 0 Å². The smallest absolute Gasteiger partial charge is 0.352 e. The second kappa shape index (κ2) is 10.6. The number of nitrogens with zero attached hydrogens (tertiary/aromatic N) is 2. The number of quaternary nitrogens is 1. The highest BCUT2D eigenvalue weighted by Gasteiger charge is 2.59. The number of hydrogen-bond acceptors (Lipinski definition) is 5. The first-order valence-electron chi connectivity index (χ1n) is 12.9. The first kappa shape index (κ1) is 27.4. The third-order valence-corrected chi connectivity index (χ3v) is 7.73. The number of ether oxygens (including phenoxy) is 1. The molecule has 0 aromatic heterocycles. The fourth-order valence-electron chi connectivity index (χ4n) is 5.87. The molecule has 2 aromatic rings. The summed E-state index contributed by atoms with van der Waals surface area (Å²) < 4.78 is 6.99. The molecule has 6 N–H and O–H groups in total. The molecule has 0 bridgehead atoms. The zero-order chi connectivity index (χ0) is 27.8. The van der Waals surface area contributed by atoms with Gasteiger partial charge < -0.3 is 35.4 Å². The van der Waals surface area contributed by atoms with Crippen LogP contribution in [0.5, 0.6) is 5.75 Å². The third kappa shape index (κ3) is 5.19. The van der Waals surface area contributed by atoms with Crippen molar-refractivity contribution in [1.29, 1.82) is 5.41 Å². The van der Waals surface area contributed by atoms with Gasteiger partial charge in [-0.2, -0.15) is 0 Å². The molecule has 10 nitrogen and oxygen atoms in total. The minimum absolute atomic E-state index is 0.0191. The van der Waals surface area contributed by atoms with Gasteiger partial charge in [0.05, 0.1) is 38.7 Å². The lowest BCUT2D eigenvalue weighted by Crippen LogP contribution is -2.63. The topological polar surface area (TPSA) is 149 Å². The Bertz CT molecular complexity index is 1290. The molecular weight excluding hydrogens is 486 g/mol. The van der Waals surface area contributed by atoms with E-state index in [4.69, 9.17) is 15.9 Å². The number of rotatable bonds is 11. The summed E-state index contributed by atoms with van der Waals surface area (Å²) in [6.45, 7) is 5.86. The van der Waals surface area contributed by atoms with E-state index in [0.29, 0.717) is 17.9 Å². The predicted molar refractivity (Wildman–Crippen MR) is 144 cm³/mol. The number of carbonyl (C=O) groups is 2. The molecule has 2 aromatic carbocycles. The van der Waals surface area contributed by atoms with Crippen molar-refractivity contribution in [2.24, 2.45) is 17.6 Å². The maximum Gasteiger partial charge on any atom is 0.352 e. The van der Waals surface area contributed by atoms with E-state index in [9.17, 15) is 19.8 Å². The van der Waals surface area contributed by atoms with Gasteiger partial charge in [-0.25, -0.2) is 4.79 Å². The monoisotopic (exact) mass is 524 g/mol. The van der Waals surface area contributed by atoms with Crippen LogP contribution >= 0.6 is 0 Å². The van der Waals surface area contributed by atoms with Crippen molar-refractivity contribution in [1.82, 2.24) is 10.2 Å². The van der Waals surface area contributed by atoms with E-state index in [1.54, 1.807) is 6.92 Å². The second-order valence-electron chi connectivity index (χ2n) is 11.0. The van der Waals surface area contributed by atoms with Crippen LogP contribution in [0.15, 0.2) is 47.7 Å². The van der Waals surface area contributed by atoms with Crippen molar-refractivity contribution in [2.45, 2.75) is 39.0 Å². The molecule has 38 heavy (non-hydrogen) atoms. The fraction of sp³-hybridized carbons (Fsp3) is 0.464. The van der Waals surface area contributed by atoms with Crippen LogP contribution in [0.25, 0.3) is 10.8 Å². The molecule has 0 spiro atoms. The number of hydrogen-bond donors (Lipinski definition) is 5. The van der Waals surface area contributed by atoms with Crippen LogP contribution in [0.4, 0.5) is 0 Å². The summed E-state index contributed by atoms with van der Waals surface area (Å²) >= 11 is 0. The number of carboxylic acids is 1. The van der Waals surface area contributed by atoms with Crippen LogP contribution in [0.1, 0.15) is 25.8 Å². The highest BCUT2D eigenvalue weighted by molar-refractivity contribution is 6.00.